The molecular formula is C12H16N4S. The number of nitrogens with zero attached hydrogens (tertiary/aromatic N) is 2. The van der Waals surface area contributed by atoms with Crippen LogP contribution >= 0.6 is 11.3 Å². The highest BCUT2D eigenvalue weighted by Gasteiger charge is 2.19. The van der Waals surface area contributed by atoms with Crippen LogP contribution in [0, 0.1) is 0 Å². The number of aromatic nitrogens is 2. The number of aromatic amines is 1. The van der Waals surface area contributed by atoms with E-state index in [1.807, 2.05) is 0 Å². The van der Waals surface area contributed by atoms with Crippen molar-refractivity contribution in [1.29, 1.82) is 0 Å². The zero-order valence-corrected chi connectivity index (χ0v) is 10.4. The number of rotatable bonds is 2. The van der Waals surface area contributed by atoms with Crippen molar-refractivity contribution >= 4 is 17.2 Å². The summed E-state index contributed by atoms with van der Waals surface area (Å²) in [4.78, 5) is 3.49. The molecule has 17 heavy (non-hydrogen) atoms. The van der Waals surface area contributed by atoms with Crippen LogP contribution in [0.4, 0.5) is 5.82 Å². The molecular weight excluding hydrogens is 232 g/mol. The van der Waals surface area contributed by atoms with Crippen LogP contribution in [0.15, 0.2) is 23.6 Å². The van der Waals surface area contributed by atoms with Crippen LogP contribution in [0.25, 0.3) is 10.6 Å². The summed E-state index contributed by atoms with van der Waals surface area (Å²) >= 11 is 1.72. The molecule has 1 saturated heterocycles. The maximum absolute atomic E-state index is 5.99. The van der Waals surface area contributed by atoms with Gasteiger partial charge in [-0.05, 0) is 24.3 Å². The van der Waals surface area contributed by atoms with Gasteiger partial charge in [-0.15, -0.1) is 11.3 Å². The highest BCUT2D eigenvalue weighted by atomic mass is 32.1. The Labute approximate surface area is 104 Å². The van der Waals surface area contributed by atoms with E-state index in [2.05, 4.69) is 38.7 Å². The van der Waals surface area contributed by atoms with Crippen molar-refractivity contribution in [3.63, 3.8) is 0 Å². The fourth-order valence-corrected chi connectivity index (χ4v) is 2.94. The summed E-state index contributed by atoms with van der Waals surface area (Å²) in [6.07, 6.45) is 2.28. The zero-order valence-electron chi connectivity index (χ0n) is 9.60. The molecule has 1 aliphatic heterocycles. The predicted octanol–water partition coefficient (Wildman–Crippen LogP) is 2.07. The van der Waals surface area contributed by atoms with Gasteiger partial charge in [0.1, 0.15) is 0 Å². The quantitative estimate of drug-likeness (QED) is 0.855. The molecule has 2 aromatic rings. The van der Waals surface area contributed by atoms with Gasteiger partial charge in [-0.3, -0.25) is 5.10 Å². The Morgan fingerprint density at radius 2 is 2.47 bits per heavy atom. The van der Waals surface area contributed by atoms with Crippen LogP contribution < -0.4 is 10.6 Å². The first-order valence-electron chi connectivity index (χ1n) is 5.93. The van der Waals surface area contributed by atoms with Gasteiger partial charge >= 0.3 is 0 Å². The van der Waals surface area contributed by atoms with E-state index in [0.29, 0.717) is 0 Å². The minimum Gasteiger partial charge on any atom is -0.354 e. The van der Waals surface area contributed by atoms with Crippen molar-refractivity contribution in [3.05, 3.63) is 23.6 Å². The fraction of sp³-hybridized carbons (Fsp3) is 0.417. The first-order chi connectivity index (χ1) is 8.33. The molecule has 0 spiro atoms. The maximum atomic E-state index is 5.99. The van der Waals surface area contributed by atoms with Gasteiger partial charge in [-0.25, -0.2) is 0 Å². The van der Waals surface area contributed by atoms with Crippen molar-refractivity contribution in [2.45, 2.75) is 18.9 Å². The van der Waals surface area contributed by atoms with Gasteiger partial charge in [0, 0.05) is 25.2 Å². The van der Waals surface area contributed by atoms with E-state index in [9.17, 15) is 0 Å². The third kappa shape index (κ3) is 2.21. The van der Waals surface area contributed by atoms with E-state index in [-0.39, 0.29) is 6.04 Å². The molecule has 1 atom stereocenters. The van der Waals surface area contributed by atoms with Crippen molar-refractivity contribution < 1.29 is 0 Å². The Balaban J connectivity index is 1.80. The number of nitrogens with one attached hydrogen (secondary N) is 1. The average molecular weight is 248 g/mol. The monoisotopic (exact) mass is 248 g/mol. The van der Waals surface area contributed by atoms with E-state index < -0.39 is 0 Å². The van der Waals surface area contributed by atoms with Gasteiger partial charge in [0.05, 0.1) is 10.6 Å². The third-order valence-corrected chi connectivity index (χ3v) is 4.04. The average Bonchev–Trinajstić information content (AvgIpc) is 3.00. The summed E-state index contributed by atoms with van der Waals surface area (Å²) < 4.78 is 0. The molecule has 0 bridgehead atoms. The number of H-pyrrole nitrogens is 1. The van der Waals surface area contributed by atoms with E-state index in [4.69, 9.17) is 5.73 Å². The van der Waals surface area contributed by atoms with Crippen LogP contribution in [0.1, 0.15) is 12.8 Å². The Kier molecular flexibility index (Phi) is 2.86. The van der Waals surface area contributed by atoms with Crippen molar-refractivity contribution in [2.24, 2.45) is 5.73 Å². The molecule has 1 fully saturated rings. The smallest absolute Gasteiger partial charge is 0.151 e. The largest absolute Gasteiger partial charge is 0.354 e. The van der Waals surface area contributed by atoms with Crippen LogP contribution in [-0.4, -0.2) is 29.3 Å². The lowest BCUT2D eigenvalue weighted by molar-refractivity contribution is 0.503. The summed E-state index contributed by atoms with van der Waals surface area (Å²) in [6, 6.07) is 6.55. The van der Waals surface area contributed by atoms with Crippen LogP contribution in [0.3, 0.4) is 0 Å². The number of hydrogen-bond acceptors (Lipinski definition) is 4. The van der Waals surface area contributed by atoms with Gasteiger partial charge in [-0.1, -0.05) is 6.07 Å². The van der Waals surface area contributed by atoms with E-state index >= 15 is 0 Å². The Hall–Kier alpha value is -1.33. The van der Waals surface area contributed by atoms with Crippen molar-refractivity contribution in [2.75, 3.05) is 18.0 Å². The van der Waals surface area contributed by atoms with Crippen LogP contribution in [-0.2, 0) is 0 Å². The summed E-state index contributed by atoms with van der Waals surface area (Å²) in [5.74, 6) is 1.02. The minimum atomic E-state index is 0.283. The number of anilines is 1. The summed E-state index contributed by atoms with van der Waals surface area (Å²) in [6.45, 7) is 1.97. The maximum Gasteiger partial charge on any atom is 0.151 e. The molecule has 3 rings (SSSR count). The number of nitrogens with two attached hydrogens (primary N) is 1. The molecule has 2 aromatic heterocycles. The van der Waals surface area contributed by atoms with Gasteiger partial charge in [0.15, 0.2) is 5.82 Å². The second-order valence-electron chi connectivity index (χ2n) is 4.47. The molecule has 1 aliphatic rings. The van der Waals surface area contributed by atoms with E-state index in [0.717, 1.165) is 37.4 Å². The molecule has 4 nitrogen and oxygen atoms in total. The second kappa shape index (κ2) is 4.50. The van der Waals surface area contributed by atoms with E-state index in [1.54, 1.807) is 11.3 Å². The molecule has 90 valence electrons. The van der Waals surface area contributed by atoms with Gasteiger partial charge in [0.25, 0.3) is 0 Å². The van der Waals surface area contributed by atoms with Crippen molar-refractivity contribution in [1.82, 2.24) is 10.2 Å². The standard InChI is InChI=1S/C12H16N4S/c13-9-3-1-5-16(8-9)12-7-10(14-15-12)11-4-2-6-17-11/h2,4,6-7,9H,1,3,5,8,13H2,(H,14,15). The Morgan fingerprint density at radius 1 is 1.53 bits per heavy atom. The molecule has 0 saturated carbocycles. The first kappa shape index (κ1) is 10.8. The third-order valence-electron chi connectivity index (χ3n) is 3.13. The molecule has 0 radical (unpaired) electrons. The highest BCUT2D eigenvalue weighted by molar-refractivity contribution is 7.13. The minimum absolute atomic E-state index is 0.283. The molecule has 0 aromatic carbocycles. The predicted molar refractivity (Wildman–Crippen MR) is 71.3 cm³/mol. The normalized spacial score (nSPS) is 20.8. The van der Waals surface area contributed by atoms with E-state index in [1.165, 1.54) is 4.88 Å². The molecule has 5 heteroatoms. The van der Waals surface area contributed by atoms with Gasteiger partial charge < -0.3 is 10.6 Å². The number of piperidine rings is 1. The Morgan fingerprint density at radius 3 is 3.24 bits per heavy atom. The van der Waals surface area contributed by atoms with Gasteiger partial charge in [0.2, 0.25) is 0 Å². The number of hydrogen-bond donors (Lipinski definition) is 2. The van der Waals surface area contributed by atoms with Gasteiger partial charge in [-0.2, -0.15) is 5.10 Å². The number of thiophene rings is 1. The van der Waals surface area contributed by atoms with Crippen LogP contribution in [0.2, 0.25) is 0 Å². The van der Waals surface area contributed by atoms with Crippen LogP contribution in [0.5, 0.6) is 0 Å². The lowest BCUT2D eigenvalue weighted by Crippen LogP contribution is -2.43. The molecule has 1 unspecified atom stereocenters. The Bertz CT molecular complexity index is 476. The molecule has 0 aliphatic carbocycles. The summed E-state index contributed by atoms with van der Waals surface area (Å²) in [5, 5.41) is 9.56. The first-order valence-corrected chi connectivity index (χ1v) is 6.81. The SMILES string of the molecule is NC1CCCN(c2cc(-c3cccs3)[nH]n2)C1. The molecule has 0 amide bonds. The fourth-order valence-electron chi connectivity index (χ4n) is 2.25. The zero-order chi connectivity index (χ0) is 11.7. The lowest BCUT2D eigenvalue weighted by atomic mass is 10.1. The topological polar surface area (TPSA) is 57.9 Å². The second-order valence-corrected chi connectivity index (χ2v) is 5.41. The molecule has 3 N–H and O–H groups in total. The molecule has 3 heterocycles. The lowest BCUT2D eigenvalue weighted by Gasteiger charge is -2.30. The summed E-state index contributed by atoms with van der Waals surface area (Å²) in [5.41, 5.74) is 7.08. The highest BCUT2D eigenvalue weighted by Crippen LogP contribution is 2.26. The summed E-state index contributed by atoms with van der Waals surface area (Å²) in [7, 11) is 0. The van der Waals surface area contributed by atoms with Crippen molar-refractivity contribution in [3.8, 4) is 10.6 Å².